The Morgan fingerprint density at radius 1 is 1.28 bits per heavy atom. The highest BCUT2D eigenvalue weighted by Crippen LogP contribution is 2.41. The zero-order chi connectivity index (χ0) is 23.0. The van der Waals surface area contributed by atoms with Gasteiger partial charge in [0.25, 0.3) is 0 Å². The van der Waals surface area contributed by atoms with Crippen LogP contribution in [0, 0.1) is 12.8 Å². The number of likely N-dealkylation sites (N-methyl/N-ethyl adjacent to an activating group) is 1. The summed E-state index contributed by atoms with van der Waals surface area (Å²) in [5.74, 6) is -0.300. The maximum Gasteiger partial charge on any atom is 0.250 e. The average molecular weight is 432 g/mol. The van der Waals surface area contributed by atoms with Crippen molar-refractivity contribution in [2.75, 3.05) is 18.6 Å². The van der Waals surface area contributed by atoms with Crippen LogP contribution in [0.2, 0.25) is 0 Å². The van der Waals surface area contributed by atoms with Crippen LogP contribution in [0.3, 0.4) is 0 Å². The monoisotopic (exact) mass is 431 g/mol. The molecule has 3 aromatic rings. The van der Waals surface area contributed by atoms with Gasteiger partial charge in [-0.15, -0.1) is 0 Å². The van der Waals surface area contributed by atoms with Crippen molar-refractivity contribution in [3.8, 4) is 11.1 Å². The molecule has 0 radical (unpaired) electrons. The first kappa shape index (κ1) is 21.8. The number of aryl methyl sites for hydroxylation is 1. The molecule has 32 heavy (non-hydrogen) atoms. The molecule has 4 rings (SSSR count). The van der Waals surface area contributed by atoms with Crippen LogP contribution in [0.1, 0.15) is 28.8 Å². The Morgan fingerprint density at radius 2 is 2.06 bits per heavy atom. The Kier molecular flexibility index (Phi) is 5.89. The number of H-pyrrole nitrogens is 1. The molecule has 1 aliphatic rings. The number of nitrogens with one attached hydrogen (secondary N) is 1. The number of nitrogens with zero attached hydrogens (tertiary/aromatic N) is 1. The van der Waals surface area contributed by atoms with Crippen LogP contribution in [-0.2, 0) is 28.9 Å². The molecule has 0 fully saturated rings. The summed E-state index contributed by atoms with van der Waals surface area (Å²) in [4.78, 5) is 29.1. The summed E-state index contributed by atoms with van der Waals surface area (Å²) in [6.07, 6.45) is 4.04. The number of nitrogens with two attached hydrogens (primary N) is 1. The Bertz CT molecular complexity index is 1220. The summed E-state index contributed by atoms with van der Waals surface area (Å²) in [6.45, 7) is 5.78. The first-order chi connectivity index (χ1) is 15.3. The highest BCUT2D eigenvalue weighted by molar-refractivity contribution is 6.05. The summed E-state index contributed by atoms with van der Waals surface area (Å²) < 4.78 is 0. The van der Waals surface area contributed by atoms with E-state index in [2.05, 4.69) is 17.6 Å². The number of carbonyl (C=O) groups is 2. The third-order valence-electron chi connectivity index (χ3n) is 6.61. The Morgan fingerprint density at radius 3 is 2.75 bits per heavy atom. The number of hydrogen-bond donors (Lipinski definition) is 3. The maximum absolute atomic E-state index is 12.2. The van der Waals surface area contributed by atoms with Gasteiger partial charge in [0.1, 0.15) is 0 Å². The highest BCUT2D eigenvalue weighted by atomic mass is 16.3. The quantitative estimate of drug-likeness (QED) is 0.522. The number of hydrogen-bond acceptors (Lipinski definition) is 3. The number of aliphatic hydroxyl groups is 1. The van der Waals surface area contributed by atoms with Crippen molar-refractivity contribution in [3.05, 3.63) is 65.4 Å². The normalized spacial score (nSPS) is 15.4. The van der Waals surface area contributed by atoms with Gasteiger partial charge < -0.3 is 20.7 Å². The van der Waals surface area contributed by atoms with E-state index >= 15 is 0 Å². The van der Waals surface area contributed by atoms with Gasteiger partial charge in [-0.25, -0.2) is 0 Å². The van der Waals surface area contributed by atoms with Crippen LogP contribution in [-0.4, -0.2) is 35.6 Å². The van der Waals surface area contributed by atoms with E-state index < -0.39 is 0 Å². The first-order valence-corrected chi connectivity index (χ1v) is 10.9. The molecule has 166 valence electrons. The van der Waals surface area contributed by atoms with Crippen molar-refractivity contribution in [1.82, 2.24) is 4.98 Å². The van der Waals surface area contributed by atoms with Crippen LogP contribution in [0.5, 0.6) is 0 Å². The van der Waals surface area contributed by atoms with Crippen LogP contribution >= 0.6 is 0 Å². The predicted octanol–water partition coefficient (Wildman–Crippen LogP) is 3.42. The smallest absolute Gasteiger partial charge is 0.250 e. The van der Waals surface area contributed by atoms with Gasteiger partial charge in [-0.05, 0) is 72.1 Å². The van der Waals surface area contributed by atoms with E-state index in [1.807, 2.05) is 31.2 Å². The number of anilines is 1. The lowest BCUT2D eigenvalue weighted by Gasteiger charge is -2.22. The van der Waals surface area contributed by atoms with Gasteiger partial charge >= 0.3 is 0 Å². The number of benzene rings is 2. The highest BCUT2D eigenvalue weighted by Gasteiger charge is 2.26. The van der Waals surface area contributed by atoms with Crippen LogP contribution in [0.4, 0.5) is 5.69 Å². The van der Waals surface area contributed by atoms with Gasteiger partial charge in [0.2, 0.25) is 11.8 Å². The lowest BCUT2D eigenvalue weighted by atomic mass is 9.85. The lowest BCUT2D eigenvalue weighted by Crippen LogP contribution is -2.24. The molecule has 1 atom stereocenters. The number of primary amides is 1. The summed E-state index contributed by atoms with van der Waals surface area (Å²) in [6, 6.07) is 9.95. The SMILES string of the molecule is C=CC(=O)N(C)c1cccc(-c2ccc(CC(N)=O)c3[nH]c4c(c23)CCC(CO)C4)c1C. The number of aromatic nitrogens is 1. The summed E-state index contributed by atoms with van der Waals surface area (Å²) in [7, 11) is 1.74. The molecule has 0 saturated heterocycles. The molecule has 1 heterocycles. The van der Waals surface area contributed by atoms with E-state index in [0.29, 0.717) is 0 Å². The molecule has 1 aliphatic carbocycles. The van der Waals surface area contributed by atoms with Gasteiger partial charge in [-0.3, -0.25) is 9.59 Å². The van der Waals surface area contributed by atoms with Crippen molar-refractivity contribution < 1.29 is 14.7 Å². The molecular formula is C26H29N3O3. The second-order valence-electron chi connectivity index (χ2n) is 8.59. The van der Waals surface area contributed by atoms with Crippen LogP contribution in [0.25, 0.3) is 22.0 Å². The number of aliphatic hydroxyl groups excluding tert-OH is 1. The fourth-order valence-electron chi connectivity index (χ4n) is 4.92. The molecule has 6 heteroatoms. The number of amides is 2. The Balaban J connectivity index is 1.95. The number of rotatable bonds is 6. The fourth-order valence-corrected chi connectivity index (χ4v) is 4.92. The molecule has 0 spiro atoms. The Labute approximate surface area is 187 Å². The molecule has 0 saturated carbocycles. The lowest BCUT2D eigenvalue weighted by molar-refractivity contribution is -0.117. The molecule has 0 aliphatic heterocycles. The minimum atomic E-state index is -0.373. The van der Waals surface area contributed by atoms with E-state index in [9.17, 15) is 14.7 Å². The van der Waals surface area contributed by atoms with E-state index in [0.717, 1.165) is 63.8 Å². The standard InChI is InChI=1S/C26H29N3O3/c1-4-24(32)29(3)22-7-5-6-18(15(22)2)19-11-9-17(13-23(27)31)26-25(19)20-10-8-16(14-30)12-21(20)28-26/h4-7,9,11,16,28,30H,1,8,10,12-14H2,2-3H3,(H2,27,31). The van der Waals surface area contributed by atoms with Crippen molar-refractivity contribution in [1.29, 1.82) is 0 Å². The second kappa shape index (κ2) is 8.63. The zero-order valence-corrected chi connectivity index (χ0v) is 18.6. The van der Waals surface area contributed by atoms with E-state index in [1.54, 1.807) is 11.9 Å². The zero-order valence-electron chi connectivity index (χ0n) is 18.6. The molecule has 2 amide bonds. The molecule has 6 nitrogen and oxygen atoms in total. The van der Waals surface area contributed by atoms with Gasteiger partial charge in [-0.2, -0.15) is 0 Å². The van der Waals surface area contributed by atoms with Crippen LogP contribution < -0.4 is 10.6 Å². The molecule has 4 N–H and O–H groups in total. The first-order valence-electron chi connectivity index (χ1n) is 10.9. The van der Waals surface area contributed by atoms with Crippen molar-refractivity contribution in [3.63, 3.8) is 0 Å². The molecular weight excluding hydrogens is 402 g/mol. The van der Waals surface area contributed by atoms with Crippen molar-refractivity contribution >= 4 is 28.4 Å². The number of fused-ring (bicyclic) bond motifs is 3. The molecule has 2 aromatic carbocycles. The van der Waals surface area contributed by atoms with Gasteiger partial charge in [-0.1, -0.05) is 30.8 Å². The molecule has 1 unspecified atom stereocenters. The third-order valence-corrected chi connectivity index (χ3v) is 6.61. The van der Waals surface area contributed by atoms with Crippen LogP contribution in [0.15, 0.2) is 43.0 Å². The van der Waals surface area contributed by atoms with Gasteiger partial charge in [0.15, 0.2) is 0 Å². The van der Waals surface area contributed by atoms with E-state index in [-0.39, 0.29) is 30.8 Å². The number of aromatic amines is 1. The largest absolute Gasteiger partial charge is 0.396 e. The molecule has 1 aromatic heterocycles. The van der Waals surface area contributed by atoms with Gasteiger partial charge in [0.05, 0.1) is 11.9 Å². The number of carbonyl (C=O) groups excluding carboxylic acids is 2. The third kappa shape index (κ3) is 3.71. The maximum atomic E-state index is 12.2. The summed E-state index contributed by atoms with van der Waals surface area (Å²) in [5, 5.41) is 10.8. The summed E-state index contributed by atoms with van der Waals surface area (Å²) >= 11 is 0. The van der Waals surface area contributed by atoms with Gasteiger partial charge in [0, 0.05) is 30.4 Å². The van der Waals surface area contributed by atoms with E-state index in [4.69, 9.17) is 5.73 Å². The minimum Gasteiger partial charge on any atom is -0.396 e. The second-order valence-corrected chi connectivity index (χ2v) is 8.59. The van der Waals surface area contributed by atoms with E-state index in [1.165, 1.54) is 11.6 Å². The fraction of sp³-hybridized carbons (Fsp3) is 0.308. The molecule has 0 bridgehead atoms. The predicted molar refractivity (Wildman–Crippen MR) is 128 cm³/mol. The average Bonchev–Trinajstić information content (AvgIpc) is 3.17. The van der Waals surface area contributed by atoms with Crippen molar-refractivity contribution in [2.24, 2.45) is 11.7 Å². The van der Waals surface area contributed by atoms with Crippen molar-refractivity contribution in [2.45, 2.75) is 32.6 Å². The summed E-state index contributed by atoms with van der Waals surface area (Å²) in [5.41, 5.74) is 13.6. The minimum absolute atomic E-state index is 0.162. The topological polar surface area (TPSA) is 99.4 Å². The Hall–Kier alpha value is -3.38.